The van der Waals surface area contributed by atoms with Gasteiger partial charge in [0.25, 0.3) is 0 Å². The highest BCUT2D eigenvalue weighted by Crippen LogP contribution is 2.09. The molecule has 0 saturated carbocycles. The molecule has 2 N–H and O–H groups in total. The smallest absolute Gasteiger partial charge is 0.335 e. The first-order valence-corrected chi connectivity index (χ1v) is 3.48. The fourth-order valence-corrected chi connectivity index (χ4v) is 0.810. The Morgan fingerprint density at radius 1 is 1.67 bits per heavy atom. The van der Waals surface area contributed by atoms with Crippen LogP contribution in [0.15, 0.2) is 18.3 Å². The van der Waals surface area contributed by atoms with Gasteiger partial charge in [-0.05, 0) is 19.1 Å². The van der Waals surface area contributed by atoms with E-state index in [9.17, 15) is 4.79 Å². The van der Waals surface area contributed by atoms with E-state index in [0.29, 0.717) is 5.69 Å². The molecule has 0 aliphatic carbocycles. The van der Waals surface area contributed by atoms with E-state index in [1.165, 1.54) is 25.3 Å². The molecular formula is C8H9NO3. The van der Waals surface area contributed by atoms with Crippen molar-refractivity contribution in [1.82, 2.24) is 4.98 Å². The first kappa shape index (κ1) is 8.67. The molecule has 0 radical (unpaired) electrons. The summed E-state index contributed by atoms with van der Waals surface area (Å²) < 4.78 is 0. The Balaban J connectivity index is 3.04. The maximum absolute atomic E-state index is 10.5. The predicted molar refractivity (Wildman–Crippen MR) is 41.8 cm³/mol. The molecular weight excluding hydrogens is 158 g/mol. The Morgan fingerprint density at radius 3 is 2.83 bits per heavy atom. The lowest BCUT2D eigenvalue weighted by Gasteiger charge is -2.02. The summed E-state index contributed by atoms with van der Waals surface area (Å²) >= 11 is 0. The summed E-state index contributed by atoms with van der Waals surface area (Å²) in [5.74, 6) is -1.01. The van der Waals surface area contributed by atoms with Crippen LogP contribution in [-0.4, -0.2) is 21.2 Å². The number of carboxylic acids is 1. The number of rotatable bonds is 2. The molecule has 1 aromatic heterocycles. The highest BCUT2D eigenvalue weighted by atomic mass is 16.4. The lowest BCUT2D eigenvalue weighted by Crippen LogP contribution is -2.01. The molecule has 4 heteroatoms. The largest absolute Gasteiger partial charge is 0.478 e. The molecule has 12 heavy (non-hydrogen) atoms. The summed E-state index contributed by atoms with van der Waals surface area (Å²) in [5, 5.41) is 17.7. The van der Waals surface area contributed by atoms with E-state index in [-0.39, 0.29) is 5.56 Å². The van der Waals surface area contributed by atoms with Crippen LogP contribution in [-0.2, 0) is 0 Å². The number of hydrogen-bond donors (Lipinski definition) is 2. The minimum absolute atomic E-state index is 0.140. The SMILES string of the molecule is CC(O)c1cc(C(=O)O)ccn1. The Hall–Kier alpha value is -1.42. The molecule has 1 rings (SSSR count). The molecule has 0 fully saturated rings. The predicted octanol–water partition coefficient (Wildman–Crippen LogP) is 0.833. The van der Waals surface area contributed by atoms with Crippen LogP contribution in [0.5, 0.6) is 0 Å². The minimum atomic E-state index is -1.01. The molecule has 0 bridgehead atoms. The second-order valence-corrected chi connectivity index (χ2v) is 2.45. The van der Waals surface area contributed by atoms with Gasteiger partial charge in [-0.2, -0.15) is 0 Å². The van der Waals surface area contributed by atoms with Gasteiger partial charge in [0, 0.05) is 6.20 Å². The van der Waals surface area contributed by atoms with Gasteiger partial charge in [-0.25, -0.2) is 4.79 Å². The van der Waals surface area contributed by atoms with Gasteiger partial charge in [0.1, 0.15) is 0 Å². The Labute approximate surface area is 69.5 Å². The van der Waals surface area contributed by atoms with Gasteiger partial charge < -0.3 is 10.2 Å². The third-order valence-electron chi connectivity index (χ3n) is 1.46. The average molecular weight is 167 g/mol. The fourth-order valence-electron chi connectivity index (χ4n) is 0.810. The number of aromatic carboxylic acids is 1. The van der Waals surface area contributed by atoms with Crippen molar-refractivity contribution in [2.75, 3.05) is 0 Å². The zero-order chi connectivity index (χ0) is 9.14. The van der Waals surface area contributed by atoms with Crippen molar-refractivity contribution < 1.29 is 15.0 Å². The van der Waals surface area contributed by atoms with Gasteiger partial charge in [0.2, 0.25) is 0 Å². The average Bonchev–Trinajstić information content (AvgIpc) is 2.04. The summed E-state index contributed by atoms with van der Waals surface area (Å²) in [7, 11) is 0. The Morgan fingerprint density at radius 2 is 2.33 bits per heavy atom. The zero-order valence-corrected chi connectivity index (χ0v) is 6.56. The second kappa shape index (κ2) is 3.32. The van der Waals surface area contributed by atoms with Crippen molar-refractivity contribution in [2.24, 2.45) is 0 Å². The molecule has 1 atom stereocenters. The van der Waals surface area contributed by atoms with Crippen molar-refractivity contribution >= 4 is 5.97 Å². The second-order valence-electron chi connectivity index (χ2n) is 2.45. The van der Waals surface area contributed by atoms with Crippen LogP contribution in [0.25, 0.3) is 0 Å². The molecule has 0 spiro atoms. The van der Waals surface area contributed by atoms with E-state index in [0.717, 1.165) is 0 Å². The van der Waals surface area contributed by atoms with Crippen LogP contribution in [0.2, 0.25) is 0 Å². The van der Waals surface area contributed by atoms with Crippen molar-refractivity contribution in [2.45, 2.75) is 13.0 Å². The Bertz CT molecular complexity index is 296. The van der Waals surface area contributed by atoms with E-state index < -0.39 is 12.1 Å². The molecule has 0 aliphatic rings. The van der Waals surface area contributed by atoms with Gasteiger partial charge in [0.05, 0.1) is 17.4 Å². The molecule has 1 aromatic rings. The first-order chi connectivity index (χ1) is 5.61. The third kappa shape index (κ3) is 1.79. The van der Waals surface area contributed by atoms with Crippen molar-refractivity contribution in [3.05, 3.63) is 29.6 Å². The summed E-state index contributed by atoms with van der Waals surface area (Å²) in [6.45, 7) is 1.54. The molecule has 0 amide bonds. The number of aliphatic hydroxyl groups excluding tert-OH is 1. The normalized spacial score (nSPS) is 12.5. The van der Waals surface area contributed by atoms with Crippen LogP contribution in [0, 0.1) is 0 Å². The van der Waals surface area contributed by atoms with Crippen molar-refractivity contribution in [3.63, 3.8) is 0 Å². The topological polar surface area (TPSA) is 70.4 Å². The molecule has 0 saturated heterocycles. The number of carboxylic acid groups (broad SMARTS) is 1. The molecule has 4 nitrogen and oxygen atoms in total. The maximum Gasteiger partial charge on any atom is 0.335 e. The number of aromatic nitrogens is 1. The van der Waals surface area contributed by atoms with E-state index in [4.69, 9.17) is 10.2 Å². The molecule has 1 unspecified atom stereocenters. The van der Waals surface area contributed by atoms with Crippen LogP contribution in [0.3, 0.4) is 0 Å². The number of nitrogens with zero attached hydrogens (tertiary/aromatic N) is 1. The monoisotopic (exact) mass is 167 g/mol. The Kier molecular flexibility index (Phi) is 2.40. The van der Waals surface area contributed by atoms with Crippen molar-refractivity contribution in [1.29, 1.82) is 0 Å². The summed E-state index contributed by atoms with van der Waals surface area (Å²) in [5.41, 5.74) is 0.510. The lowest BCUT2D eigenvalue weighted by molar-refractivity contribution is 0.0696. The van der Waals surface area contributed by atoms with E-state index >= 15 is 0 Å². The van der Waals surface area contributed by atoms with E-state index in [2.05, 4.69) is 4.98 Å². The molecule has 1 heterocycles. The van der Waals surface area contributed by atoms with E-state index in [1.54, 1.807) is 0 Å². The van der Waals surface area contributed by atoms with Crippen molar-refractivity contribution in [3.8, 4) is 0 Å². The first-order valence-electron chi connectivity index (χ1n) is 3.48. The van der Waals surface area contributed by atoms with Gasteiger partial charge in [0.15, 0.2) is 0 Å². The number of hydrogen-bond acceptors (Lipinski definition) is 3. The van der Waals surface area contributed by atoms with Gasteiger partial charge in [-0.15, -0.1) is 0 Å². The van der Waals surface area contributed by atoms with Crippen LogP contribution in [0.1, 0.15) is 29.1 Å². The lowest BCUT2D eigenvalue weighted by atomic mass is 10.2. The highest BCUT2D eigenvalue weighted by molar-refractivity contribution is 5.87. The third-order valence-corrected chi connectivity index (χ3v) is 1.46. The zero-order valence-electron chi connectivity index (χ0n) is 6.56. The highest BCUT2D eigenvalue weighted by Gasteiger charge is 2.06. The fraction of sp³-hybridized carbons (Fsp3) is 0.250. The summed E-state index contributed by atoms with van der Waals surface area (Å²) in [6, 6.07) is 2.74. The quantitative estimate of drug-likeness (QED) is 0.684. The number of pyridine rings is 1. The summed E-state index contributed by atoms with van der Waals surface area (Å²) in [4.78, 5) is 14.3. The number of aliphatic hydroxyl groups is 1. The maximum atomic E-state index is 10.5. The van der Waals surface area contributed by atoms with Crippen LogP contribution in [0.4, 0.5) is 0 Å². The van der Waals surface area contributed by atoms with Crippen LogP contribution >= 0.6 is 0 Å². The molecule has 0 aromatic carbocycles. The molecule has 0 aliphatic heterocycles. The van der Waals surface area contributed by atoms with Gasteiger partial charge >= 0.3 is 5.97 Å². The minimum Gasteiger partial charge on any atom is -0.478 e. The molecule has 64 valence electrons. The van der Waals surface area contributed by atoms with Gasteiger partial charge in [-0.1, -0.05) is 0 Å². The van der Waals surface area contributed by atoms with E-state index in [1.807, 2.05) is 0 Å². The number of carbonyl (C=O) groups is 1. The van der Waals surface area contributed by atoms with Crippen LogP contribution < -0.4 is 0 Å². The summed E-state index contributed by atoms with van der Waals surface area (Å²) in [6.07, 6.45) is 0.634. The van der Waals surface area contributed by atoms with Gasteiger partial charge in [-0.3, -0.25) is 4.98 Å². The standard InChI is InChI=1S/C8H9NO3/c1-5(10)7-4-6(8(11)12)2-3-9-7/h2-5,10H,1H3,(H,11,12).